The first-order valence-corrected chi connectivity index (χ1v) is 7.51. The molecule has 9 heteroatoms. The molecule has 0 unspecified atom stereocenters. The number of halogens is 1. The fourth-order valence-corrected chi connectivity index (χ4v) is 2.16. The Labute approximate surface area is 143 Å². The molecule has 1 heterocycles. The van der Waals surface area contributed by atoms with E-state index in [9.17, 15) is 23.6 Å². The molecule has 25 heavy (non-hydrogen) atoms. The highest BCUT2D eigenvalue weighted by Gasteiger charge is 2.35. The summed E-state index contributed by atoms with van der Waals surface area (Å²) in [6.45, 7) is 2.24. The SMILES string of the molecule is Cc1ccc(NC(=O)[C@H](C)OC(=O)CN2C(=O)CN(C)C2=O)cc1F. The van der Waals surface area contributed by atoms with Crippen molar-refractivity contribution in [3.05, 3.63) is 29.6 Å². The molecule has 1 aromatic carbocycles. The third-order valence-corrected chi connectivity index (χ3v) is 3.63. The number of likely N-dealkylation sites (N-methyl/N-ethyl adjacent to an activating group) is 1. The van der Waals surface area contributed by atoms with E-state index in [0.717, 1.165) is 15.9 Å². The second kappa shape index (κ2) is 7.29. The lowest BCUT2D eigenvalue weighted by Crippen LogP contribution is -2.39. The van der Waals surface area contributed by atoms with E-state index in [-0.39, 0.29) is 12.2 Å². The number of hydrogen-bond acceptors (Lipinski definition) is 5. The number of anilines is 1. The molecule has 134 valence electrons. The Morgan fingerprint density at radius 3 is 2.60 bits per heavy atom. The Hall–Kier alpha value is -2.97. The molecule has 1 saturated heterocycles. The van der Waals surface area contributed by atoms with Crippen molar-refractivity contribution >= 4 is 29.5 Å². The van der Waals surface area contributed by atoms with E-state index in [1.54, 1.807) is 6.92 Å². The maximum atomic E-state index is 13.5. The van der Waals surface area contributed by atoms with Crippen LogP contribution >= 0.6 is 0 Å². The zero-order chi connectivity index (χ0) is 18.7. The van der Waals surface area contributed by atoms with Crippen molar-refractivity contribution in [3.8, 4) is 0 Å². The minimum absolute atomic E-state index is 0.110. The van der Waals surface area contributed by atoms with Crippen LogP contribution < -0.4 is 5.32 Å². The molecule has 0 aliphatic carbocycles. The summed E-state index contributed by atoms with van der Waals surface area (Å²) in [5.41, 5.74) is 0.657. The first-order valence-electron chi connectivity index (χ1n) is 7.51. The highest BCUT2D eigenvalue weighted by molar-refractivity contribution is 6.04. The fourth-order valence-electron chi connectivity index (χ4n) is 2.16. The van der Waals surface area contributed by atoms with Gasteiger partial charge in [0.25, 0.3) is 11.8 Å². The zero-order valence-corrected chi connectivity index (χ0v) is 14.0. The minimum Gasteiger partial charge on any atom is -0.451 e. The number of esters is 1. The molecule has 1 aromatic rings. The molecule has 0 aromatic heterocycles. The Morgan fingerprint density at radius 2 is 2.04 bits per heavy atom. The summed E-state index contributed by atoms with van der Waals surface area (Å²) >= 11 is 0. The molecule has 0 spiro atoms. The fraction of sp³-hybridized carbons (Fsp3) is 0.375. The van der Waals surface area contributed by atoms with Crippen molar-refractivity contribution in [1.82, 2.24) is 9.80 Å². The maximum absolute atomic E-state index is 13.5. The van der Waals surface area contributed by atoms with Crippen LogP contribution in [-0.2, 0) is 19.1 Å². The molecular formula is C16H18FN3O5. The van der Waals surface area contributed by atoms with Gasteiger partial charge in [0.05, 0.1) is 0 Å². The second-order valence-electron chi connectivity index (χ2n) is 5.70. The van der Waals surface area contributed by atoms with Gasteiger partial charge in [0.1, 0.15) is 18.9 Å². The van der Waals surface area contributed by atoms with Crippen molar-refractivity contribution in [1.29, 1.82) is 0 Å². The van der Waals surface area contributed by atoms with Gasteiger partial charge >= 0.3 is 12.0 Å². The largest absolute Gasteiger partial charge is 0.451 e. The number of ether oxygens (including phenoxy) is 1. The predicted octanol–water partition coefficient (Wildman–Crippen LogP) is 0.898. The van der Waals surface area contributed by atoms with Gasteiger partial charge in [0.15, 0.2) is 6.10 Å². The van der Waals surface area contributed by atoms with Gasteiger partial charge < -0.3 is 15.0 Å². The van der Waals surface area contributed by atoms with Gasteiger partial charge in [-0.2, -0.15) is 0 Å². The predicted molar refractivity (Wildman–Crippen MR) is 85.1 cm³/mol. The van der Waals surface area contributed by atoms with E-state index in [0.29, 0.717) is 5.56 Å². The highest BCUT2D eigenvalue weighted by atomic mass is 19.1. The molecule has 0 bridgehead atoms. The summed E-state index contributed by atoms with van der Waals surface area (Å²) in [4.78, 5) is 49.0. The van der Waals surface area contributed by atoms with E-state index < -0.39 is 42.3 Å². The average molecular weight is 351 g/mol. The molecule has 4 amide bonds. The van der Waals surface area contributed by atoms with Crippen molar-refractivity contribution in [2.45, 2.75) is 20.0 Å². The van der Waals surface area contributed by atoms with Crippen molar-refractivity contribution in [2.24, 2.45) is 0 Å². The lowest BCUT2D eigenvalue weighted by atomic mass is 10.2. The topological polar surface area (TPSA) is 96.0 Å². The van der Waals surface area contributed by atoms with Gasteiger partial charge in [0, 0.05) is 12.7 Å². The van der Waals surface area contributed by atoms with Gasteiger partial charge in [-0.1, -0.05) is 6.07 Å². The smallest absolute Gasteiger partial charge is 0.327 e. The van der Waals surface area contributed by atoms with E-state index in [4.69, 9.17) is 4.74 Å². The van der Waals surface area contributed by atoms with Gasteiger partial charge in [-0.3, -0.25) is 19.3 Å². The minimum atomic E-state index is -1.18. The number of urea groups is 1. The van der Waals surface area contributed by atoms with Gasteiger partial charge in [0.2, 0.25) is 0 Å². The monoisotopic (exact) mass is 351 g/mol. The van der Waals surface area contributed by atoms with Crippen LogP contribution in [0.3, 0.4) is 0 Å². The standard InChI is InChI=1S/C16H18FN3O5/c1-9-4-5-11(6-12(9)17)18-15(23)10(2)25-14(22)8-20-13(21)7-19(3)16(20)24/h4-6,10H,7-8H2,1-3H3,(H,18,23)/t10-/m0/s1. The number of benzene rings is 1. The van der Waals surface area contributed by atoms with E-state index in [2.05, 4.69) is 5.32 Å². The van der Waals surface area contributed by atoms with E-state index >= 15 is 0 Å². The zero-order valence-electron chi connectivity index (χ0n) is 14.0. The van der Waals surface area contributed by atoms with Crippen molar-refractivity contribution < 1.29 is 28.3 Å². The lowest BCUT2D eigenvalue weighted by Gasteiger charge is -2.17. The first kappa shape index (κ1) is 18.4. The number of nitrogens with zero attached hydrogens (tertiary/aromatic N) is 2. The third-order valence-electron chi connectivity index (χ3n) is 3.63. The number of hydrogen-bond donors (Lipinski definition) is 1. The number of nitrogens with one attached hydrogen (secondary N) is 1. The summed E-state index contributed by atoms with van der Waals surface area (Å²) in [6.07, 6.45) is -1.18. The summed E-state index contributed by atoms with van der Waals surface area (Å²) in [5, 5.41) is 2.42. The van der Waals surface area contributed by atoms with Crippen molar-refractivity contribution in [3.63, 3.8) is 0 Å². The van der Waals surface area contributed by atoms with Gasteiger partial charge in [-0.25, -0.2) is 9.18 Å². The number of carbonyl (C=O) groups excluding carboxylic acids is 4. The van der Waals surface area contributed by atoms with Crippen LogP contribution in [0, 0.1) is 12.7 Å². The third kappa shape index (κ3) is 4.31. The summed E-state index contributed by atoms with van der Waals surface area (Å²) in [5.74, 6) is -2.54. The second-order valence-corrected chi connectivity index (χ2v) is 5.70. The van der Waals surface area contributed by atoms with Gasteiger partial charge in [-0.15, -0.1) is 0 Å². The summed E-state index contributed by atoms with van der Waals surface area (Å²) in [6, 6.07) is 3.57. The van der Waals surface area contributed by atoms with Crippen LogP contribution in [0.4, 0.5) is 14.9 Å². The summed E-state index contributed by atoms with van der Waals surface area (Å²) < 4.78 is 18.4. The molecule has 1 fully saturated rings. The Bertz CT molecular complexity index is 736. The number of rotatable bonds is 5. The highest BCUT2D eigenvalue weighted by Crippen LogP contribution is 2.14. The molecular weight excluding hydrogens is 333 g/mol. The number of imide groups is 1. The normalized spacial score (nSPS) is 15.4. The first-order chi connectivity index (χ1) is 11.7. The van der Waals surface area contributed by atoms with Gasteiger partial charge in [-0.05, 0) is 31.5 Å². The molecule has 2 rings (SSSR count). The number of aryl methyl sites for hydroxylation is 1. The van der Waals surface area contributed by atoms with Crippen LogP contribution in [0.5, 0.6) is 0 Å². The lowest BCUT2D eigenvalue weighted by molar-refractivity contribution is -0.154. The maximum Gasteiger partial charge on any atom is 0.327 e. The summed E-state index contributed by atoms with van der Waals surface area (Å²) in [7, 11) is 1.43. The van der Waals surface area contributed by atoms with E-state index in [1.807, 2.05) is 0 Å². The Balaban J connectivity index is 1.89. The van der Waals surface area contributed by atoms with Crippen LogP contribution in [0.25, 0.3) is 0 Å². The van der Waals surface area contributed by atoms with Crippen LogP contribution in [0.15, 0.2) is 18.2 Å². The van der Waals surface area contributed by atoms with Crippen molar-refractivity contribution in [2.75, 3.05) is 25.5 Å². The quantitative estimate of drug-likeness (QED) is 0.628. The molecule has 1 N–H and O–H groups in total. The molecule has 0 saturated carbocycles. The molecule has 8 nitrogen and oxygen atoms in total. The van der Waals surface area contributed by atoms with Crippen LogP contribution in [-0.4, -0.2) is 59.9 Å². The molecule has 1 aliphatic rings. The Kier molecular flexibility index (Phi) is 5.35. The molecule has 1 atom stereocenters. The Morgan fingerprint density at radius 1 is 1.36 bits per heavy atom. The van der Waals surface area contributed by atoms with Crippen LogP contribution in [0.2, 0.25) is 0 Å². The van der Waals surface area contributed by atoms with Crippen LogP contribution in [0.1, 0.15) is 12.5 Å². The molecule has 1 aliphatic heterocycles. The average Bonchev–Trinajstić information content (AvgIpc) is 2.77. The number of amides is 4. The molecule has 0 radical (unpaired) electrons. The van der Waals surface area contributed by atoms with E-state index in [1.165, 1.54) is 26.1 Å². The number of carbonyl (C=O) groups is 4.